The van der Waals surface area contributed by atoms with Crippen LogP contribution in [0.5, 0.6) is 0 Å². The monoisotopic (exact) mass is 492 g/mol. The van der Waals surface area contributed by atoms with E-state index in [9.17, 15) is 4.79 Å². The number of carbonyl (C=O) groups excluding carboxylic acids is 1. The number of piperazine rings is 2. The molecule has 2 saturated heterocycles. The topological polar surface area (TPSA) is 45.6 Å². The Labute approximate surface area is 211 Å². The first kappa shape index (κ1) is 24.2. The largest absolute Gasteiger partial charge is 0.369 e. The average molecular weight is 493 g/mol. The first-order valence-corrected chi connectivity index (χ1v) is 13.2. The third-order valence-corrected chi connectivity index (χ3v) is 7.85. The van der Waals surface area contributed by atoms with Crippen LogP contribution >= 0.6 is 9.24 Å². The second-order valence-corrected chi connectivity index (χ2v) is 10.6. The zero-order valence-electron chi connectivity index (χ0n) is 21.2. The molecule has 35 heavy (non-hydrogen) atoms. The van der Waals surface area contributed by atoms with Crippen molar-refractivity contribution in [1.82, 2.24) is 14.8 Å². The van der Waals surface area contributed by atoms with Crippen LogP contribution in [-0.4, -0.2) is 98.7 Å². The number of likely N-dealkylation sites (N-methyl/N-ethyl adjacent to an activating group) is 2. The number of rotatable bonds is 3. The lowest BCUT2D eigenvalue weighted by Crippen LogP contribution is -2.44. The van der Waals surface area contributed by atoms with Crippen molar-refractivity contribution in [2.24, 2.45) is 5.10 Å². The summed E-state index contributed by atoms with van der Waals surface area (Å²) in [6.45, 7) is 10.6. The van der Waals surface area contributed by atoms with Gasteiger partial charge in [-0.1, -0.05) is 18.2 Å². The maximum atomic E-state index is 12.5. The molecule has 3 heterocycles. The van der Waals surface area contributed by atoms with E-state index in [-0.39, 0.29) is 11.7 Å². The van der Waals surface area contributed by atoms with Crippen molar-refractivity contribution in [3.63, 3.8) is 0 Å². The van der Waals surface area contributed by atoms with Gasteiger partial charge in [-0.2, -0.15) is 5.10 Å². The van der Waals surface area contributed by atoms with Gasteiger partial charge in [-0.05, 0) is 66.5 Å². The Morgan fingerprint density at radius 2 is 1.37 bits per heavy atom. The number of anilines is 2. The van der Waals surface area contributed by atoms with Gasteiger partial charge in [0.25, 0.3) is 5.65 Å². The van der Waals surface area contributed by atoms with E-state index < -0.39 is 0 Å². The van der Waals surface area contributed by atoms with Crippen LogP contribution in [0.1, 0.15) is 23.6 Å². The van der Waals surface area contributed by atoms with Crippen molar-refractivity contribution < 1.29 is 4.79 Å². The van der Waals surface area contributed by atoms with Crippen molar-refractivity contribution in [2.75, 3.05) is 76.3 Å². The average Bonchev–Trinajstić information content (AvgIpc) is 3.00. The van der Waals surface area contributed by atoms with Gasteiger partial charge < -0.3 is 19.6 Å². The Bertz CT molecular complexity index is 1090. The smallest absolute Gasteiger partial charge is 0.257 e. The summed E-state index contributed by atoms with van der Waals surface area (Å²) in [5.41, 5.74) is 6.70. The highest BCUT2D eigenvalue weighted by atomic mass is 31.0. The molecule has 2 aromatic rings. The molecule has 186 valence electrons. The van der Waals surface area contributed by atoms with E-state index in [0.29, 0.717) is 0 Å². The second kappa shape index (κ2) is 10.3. The van der Waals surface area contributed by atoms with Crippen molar-refractivity contribution in [3.05, 3.63) is 59.2 Å². The molecule has 0 bridgehead atoms. The van der Waals surface area contributed by atoms with Crippen LogP contribution < -0.4 is 9.80 Å². The van der Waals surface area contributed by atoms with Crippen LogP contribution in [0.15, 0.2) is 47.6 Å². The highest BCUT2D eigenvalue weighted by Gasteiger charge is 2.27. The molecule has 3 aliphatic heterocycles. The molecule has 0 radical (unpaired) electrons. The van der Waals surface area contributed by atoms with Gasteiger partial charge >= 0.3 is 0 Å². The third kappa shape index (κ3) is 5.23. The molecular formula is C27H37N6OP. The van der Waals surface area contributed by atoms with Crippen LogP contribution in [-0.2, 0) is 6.42 Å². The summed E-state index contributed by atoms with van der Waals surface area (Å²) in [5, 5.41) is 6.54. The Balaban J connectivity index is 1.47. The van der Waals surface area contributed by atoms with Gasteiger partial charge in [0.05, 0.1) is 11.8 Å². The van der Waals surface area contributed by atoms with Crippen LogP contribution in [0.2, 0.25) is 0 Å². The number of benzene rings is 2. The molecule has 5 rings (SSSR count). The molecular weight excluding hydrogens is 455 g/mol. The molecule has 2 aromatic carbocycles. The molecule has 1 amide bonds. The van der Waals surface area contributed by atoms with Gasteiger partial charge in [0.15, 0.2) is 0 Å². The molecule has 8 heteroatoms. The van der Waals surface area contributed by atoms with Gasteiger partial charge in [0.2, 0.25) is 0 Å². The second-order valence-electron chi connectivity index (χ2n) is 10.2. The van der Waals surface area contributed by atoms with Crippen LogP contribution in [0.25, 0.3) is 0 Å². The number of carbonyl (C=O) groups is 1. The highest BCUT2D eigenvalue weighted by molar-refractivity contribution is 7.39. The van der Waals surface area contributed by atoms with Gasteiger partial charge in [0, 0.05) is 74.9 Å². The molecule has 2 atom stereocenters. The third-order valence-electron chi connectivity index (χ3n) is 7.59. The van der Waals surface area contributed by atoms with Crippen molar-refractivity contribution >= 4 is 32.0 Å². The summed E-state index contributed by atoms with van der Waals surface area (Å²) in [5.74, 6) is 0. The Morgan fingerprint density at radius 3 is 1.94 bits per heavy atom. The highest BCUT2D eigenvalue weighted by Crippen LogP contribution is 2.29. The van der Waals surface area contributed by atoms with E-state index in [4.69, 9.17) is 5.10 Å². The van der Waals surface area contributed by atoms with Crippen LogP contribution in [0.4, 0.5) is 16.2 Å². The minimum absolute atomic E-state index is 0.0106. The lowest BCUT2D eigenvalue weighted by molar-refractivity contribution is 0.207. The fourth-order valence-electron chi connectivity index (χ4n) is 5.28. The Hall–Kier alpha value is -2.47. The Kier molecular flexibility index (Phi) is 7.10. The maximum Gasteiger partial charge on any atom is 0.257 e. The molecule has 2 unspecified atom stereocenters. The quantitative estimate of drug-likeness (QED) is 0.616. The number of hydrogen-bond acceptors (Lipinski definition) is 6. The molecule has 0 N–H and O–H groups in total. The molecule has 0 saturated carbocycles. The first-order valence-electron chi connectivity index (χ1n) is 12.7. The summed E-state index contributed by atoms with van der Waals surface area (Å²) in [6.07, 6.45) is 0.781. The summed E-state index contributed by atoms with van der Waals surface area (Å²) in [4.78, 5) is 22.1. The molecule has 0 aromatic heterocycles. The number of hydrazone groups is 1. The number of amides is 1. The van der Waals surface area contributed by atoms with E-state index in [1.807, 2.05) is 0 Å². The fraction of sp³-hybridized carbons (Fsp3) is 0.481. The van der Waals surface area contributed by atoms with Gasteiger partial charge in [0.1, 0.15) is 0 Å². The summed E-state index contributed by atoms with van der Waals surface area (Å²) in [7, 11) is 6.66. The molecule has 2 fully saturated rings. The molecule has 0 aliphatic carbocycles. The lowest BCUT2D eigenvalue weighted by Gasteiger charge is -2.34. The Morgan fingerprint density at radius 1 is 0.829 bits per heavy atom. The minimum Gasteiger partial charge on any atom is -0.369 e. The number of fused-ring (bicyclic) bond motifs is 1. The summed E-state index contributed by atoms with van der Waals surface area (Å²) < 4.78 is 0. The zero-order valence-corrected chi connectivity index (χ0v) is 22.3. The van der Waals surface area contributed by atoms with E-state index in [1.54, 1.807) is 5.01 Å². The van der Waals surface area contributed by atoms with E-state index in [0.717, 1.165) is 75.6 Å². The fourth-order valence-corrected chi connectivity index (χ4v) is 5.59. The standard InChI is InChI=1S/C27H37N6OP/c1-20-18-22-19-24(32-16-12-30(3)13-17-32)8-9-25(22)26(28-33(20)27(34)35)21-4-6-23(7-5-21)31-14-10-29(2)11-15-31/h4-9,19-20H,10-18,35H2,1-3H3. The SMILES string of the molecule is CC1Cc2cc(N3CCN(C)CC3)ccc2C(c2ccc(N3CCN(C)CC3)cc2)=NN1C(=O)P. The zero-order chi connectivity index (χ0) is 24.5. The van der Waals surface area contributed by atoms with Crippen LogP contribution in [0, 0.1) is 0 Å². The van der Waals surface area contributed by atoms with Crippen molar-refractivity contribution in [3.8, 4) is 0 Å². The van der Waals surface area contributed by atoms with Crippen molar-refractivity contribution in [2.45, 2.75) is 19.4 Å². The molecule has 7 nitrogen and oxygen atoms in total. The predicted octanol–water partition coefficient (Wildman–Crippen LogP) is 3.18. The van der Waals surface area contributed by atoms with Crippen LogP contribution in [0.3, 0.4) is 0 Å². The molecule has 0 spiro atoms. The minimum atomic E-state index is -0.101. The van der Waals surface area contributed by atoms with Gasteiger partial charge in [-0.25, -0.2) is 5.01 Å². The normalized spacial score (nSPS) is 22.0. The lowest BCUT2D eigenvalue weighted by atomic mass is 9.93. The van der Waals surface area contributed by atoms with E-state index in [2.05, 4.69) is 92.3 Å². The summed E-state index contributed by atoms with van der Waals surface area (Å²) >= 11 is 0. The number of nitrogens with zero attached hydrogens (tertiary/aromatic N) is 6. The van der Waals surface area contributed by atoms with Gasteiger partial charge in [-0.3, -0.25) is 4.79 Å². The number of hydrogen-bond donors (Lipinski definition) is 0. The summed E-state index contributed by atoms with van der Waals surface area (Å²) in [6, 6.07) is 15.5. The maximum absolute atomic E-state index is 12.5. The first-order chi connectivity index (χ1) is 16.9. The predicted molar refractivity (Wildman–Crippen MR) is 148 cm³/mol. The molecule has 3 aliphatic rings. The van der Waals surface area contributed by atoms with E-state index in [1.165, 1.54) is 16.9 Å². The van der Waals surface area contributed by atoms with E-state index >= 15 is 0 Å². The van der Waals surface area contributed by atoms with Gasteiger partial charge in [-0.15, -0.1) is 0 Å². The van der Waals surface area contributed by atoms with Crippen molar-refractivity contribution in [1.29, 1.82) is 0 Å².